The lowest BCUT2D eigenvalue weighted by Gasteiger charge is -2.27. The van der Waals surface area contributed by atoms with E-state index in [2.05, 4.69) is 5.32 Å². The van der Waals surface area contributed by atoms with Gasteiger partial charge in [0.15, 0.2) is 5.75 Å². The molecule has 0 aromatic heterocycles. The minimum absolute atomic E-state index is 0.0917. The number of nitrogens with zero attached hydrogens (tertiary/aromatic N) is 1. The molecular weight excluding hydrogens is 304 g/mol. The van der Waals surface area contributed by atoms with Crippen LogP contribution in [-0.2, 0) is 9.59 Å². The van der Waals surface area contributed by atoms with Crippen molar-refractivity contribution < 1.29 is 24.4 Å². The van der Waals surface area contributed by atoms with Crippen LogP contribution < -0.4 is 10.1 Å². The summed E-state index contributed by atoms with van der Waals surface area (Å²) in [5, 5.41) is 22.8. The van der Waals surface area contributed by atoms with Gasteiger partial charge in [-0.3, -0.25) is 19.7 Å². The van der Waals surface area contributed by atoms with E-state index in [-0.39, 0.29) is 17.1 Å². The summed E-state index contributed by atoms with van der Waals surface area (Å²) in [6.45, 7) is 0. The summed E-state index contributed by atoms with van der Waals surface area (Å²) in [5.74, 6) is -2.64. The van der Waals surface area contributed by atoms with Gasteiger partial charge in [-0.05, 0) is 25.0 Å². The average molecular weight is 322 g/mol. The highest BCUT2D eigenvalue weighted by molar-refractivity contribution is 5.95. The number of ether oxygens (including phenoxy) is 1. The molecule has 0 spiro atoms. The van der Waals surface area contributed by atoms with Crippen LogP contribution in [0.3, 0.4) is 0 Å². The number of carbonyl (C=O) groups excluding carboxylic acids is 1. The molecule has 8 heteroatoms. The van der Waals surface area contributed by atoms with Crippen molar-refractivity contribution in [3.63, 3.8) is 0 Å². The van der Waals surface area contributed by atoms with Crippen LogP contribution >= 0.6 is 0 Å². The number of carboxylic acid groups (broad SMARTS) is 1. The molecule has 0 aliphatic heterocycles. The van der Waals surface area contributed by atoms with Crippen LogP contribution in [0.1, 0.15) is 25.7 Å². The first-order valence-electron chi connectivity index (χ1n) is 7.30. The normalized spacial score (nSPS) is 20.6. The van der Waals surface area contributed by atoms with Crippen molar-refractivity contribution in [1.82, 2.24) is 0 Å². The zero-order valence-electron chi connectivity index (χ0n) is 12.7. The van der Waals surface area contributed by atoms with Crippen molar-refractivity contribution in [2.45, 2.75) is 25.7 Å². The highest BCUT2D eigenvalue weighted by atomic mass is 16.6. The molecule has 0 saturated heterocycles. The maximum absolute atomic E-state index is 12.3. The van der Waals surface area contributed by atoms with Gasteiger partial charge in [0.05, 0.1) is 23.9 Å². The minimum Gasteiger partial charge on any atom is -0.490 e. The Balaban J connectivity index is 2.17. The van der Waals surface area contributed by atoms with Crippen LogP contribution in [0.15, 0.2) is 18.2 Å². The number of anilines is 1. The zero-order valence-corrected chi connectivity index (χ0v) is 12.7. The van der Waals surface area contributed by atoms with Crippen molar-refractivity contribution in [2.75, 3.05) is 12.4 Å². The highest BCUT2D eigenvalue weighted by Crippen LogP contribution is 2.33. The second kappa shape index (κ2) is 7.08. The number of hydrogen-bond donors (Lipinski definition) is 2. The zero-order chi connectivity index (χ0) is 17.0. The number of hydrogen-bond acceptors (Lipinski definition) is 5. The third-order valence-electron chi connectivity index (χ3n) is 4.06. The molecule has 1 aromatic rings. The molecule has 2 rings (SSSR count). The fraction of sp³-hybridized carbons (Fsp3) is 0.467. The van der Waals surface area contributed by atoms with E-state index in [1.165, 1.54) is 25.3 Å². The molecule has 2 atom stereocenters. The van der Waals surface area contributed by atoms with E-state index in [4.69, 9.17) is 4.74 Å². The number of nitrogens with one attached hydrogen (secondary N) is 1. The second-order valence-electron chi connectivity index (χ2n) is 5.47. The first kappa shape index (κ1) is 16.7. The largest absolute Gasteiger partial charge is 0.490 e. The molecule has 1 aliphatic rings. The molecule has 0 radical (unpaired) electrons. The Labute approximate surface area is 132 Å². The van der Waals surface area contributed by atoms with Crippen LogP contribution in [0, 0.1) is 22.0 Å². The number of methoxy groups -OCH3 is 1. The molecule has 1 fully saturated rings. The van der Waals surface area contributed by atoms with E-state index in [9.17, 15) is 24.8 Å². The Kier molecular flexibility index (Phi) is 5.15. The molecule has 23 heavy (non-hydrogen) atoms. The first-order chi connectivity index (χ1) is 10.9. The monoisotopic (exact) mass is 322 g/mol. The fourth-order valence-electron chi connectivity index (χ4n) is 2.89. The Hall–Kier alpha value is -2.64. The summed E-state index contributed by atoms with van der Waals surface area (Å²) in [5.41, 5.74) is -0.0130. The molecule has 8 nitrogen and oxygen atoms in total. The van der Waals surface area contributed by atoms with Gasteiger partial charge in [-0.1, -0.05) is 12.8 Å². The second-order valence-corrected chi connectivity index (χ2v) is 5.47. The van der Waals surface area contributed by atoms with Crippen LogP contribution in [0.4, 0.5) is 11.4 Å². The van der Waals surface area contributed by atoms with E-state index in [0.29, 0.717) is 12.8 Å². The van der Waals surface area contributed by atoms with E-state index in [1.54, 1.807) is 0 Å². The van der Waals surface area contributed by atoms with Gasteiger partial charge in [0, 0.05) is 11.8 Å². The molecular formula is C15H18N2O6. The van der Waals surface area contributed by atoms with Gasteiger partial charge in [0.25, 0.3) is 0 Å². The number of carboxylic acids is 1. The summed E-state index contributed by atoms with van der Waals surface area (Å²) in [7, 11) is 1.32. The standard InChI is InChI=1S/C15H18N2O6/c1-23-13-7-6-9(8-12(13)17(21)22)16-14(18)10-4-2-3-5-11(10)15(19)20/h6-8,10-11H,2-5H2,1H3,(H,16,18)(H,19,20). The predicted molar refractivity (Wildman–Crippen MR) is 81.4 cm³/mol. The average Bonchev–Trinajstić information content (AvgIpc) is 2.54. The Morgan fingerprint density at radius 3 is 2.52 bits per heavy atom. The summed E-state index contributed by atoms with van der Waals surface area (Å²) >= 11 is 0. The van der Waals surface area contributed by atoms with Crippen molar-refractivity contribution in [3.8, 4) is 5.75 Å². The van der Waals surface area contributed by atoms with Crippen LogP contribution in [0.25, 0.3) is 0 Å². The van der Waals surface area contributed by atoms with Crippen molar-refractivity contribution in [1.29, 1.82) is 0 Å². The van der Waals surface area contributed by atoms with E-state index < -0.39 is 28.6 Å². The lowest BCUT2D eigenvalue weighted by atomic mass is 9.78. The number of benzene rings is 1. The third-order valence-corrected chi connectivity index (χ3v) is 4.06. The number of nitro benzene ring substituents is 1. The van der Waals surface area contributed by atoms with Gasteiger partial charge < -0.3 is 15.2 Å². The van der Waals surface area contributed by atoms with Gasteiger partial charge >= 0.3 is 11.7 Å². The molecule has 1 aromatic carbocycles. The van der Waals surface area contributed by atoms with Crippen LogP contribution in [0.2, 0.25) is 0 Å². The van der Waals surface area contributed by atoms with Crippen molar-refractivity contribution >= 4 is 23.3 Å². The smallest absolute Gasteiger partial charge is 0.312 e. The summed E-state index contributed by atoms with van der Waals surface area (Å²) in [6.07, 6.45) is 2.55. The van der Waals surface area contributed by atoms with Gasteiger partial charge in [-0.2, -0.15) is 0 Å². The fourth-order valence-corrected chi connectivity index (χ4v) is 2.89. The van der Waals surface area contributed by atoms with E-state index >= 15 is 0 Å². The summed E-state index contributed by atoms with van der Waals surface area (Å²) in [4.78, 5) is 34.0. The Morgan fingerprint density at radius 1 is 1.30 bits per heavy atom. The molecule has 2 N–H and O–H groups in total. The number of nitro groups is 1. The van der Waals surface area contributed by atoms with Gasteiger partial charge in [0.2, 0.25) is 5.91 Å². The van der Waals surface area contributed by atoms with Gasteiger partial charge in [-0.25, -0.2) is 0 Å². The van der Waals surface area contributed by atoms with E-state index in [0.717, 1.165) is 12.8 Å². The maximum atomic E-state index is 12.3. The first-order valence-corrected chi connectivity index (χ1v) is 7.30. The molecule has 1 aliphatic carbocycles. The lowest BCUT2D eigenvalue weighted by molar-refractivity contribution is -0.385. The number of rotatable bonds is 5. The SMILES string of the molecule is COc1ccc(NC(=O)C2CCCCC2C(=O)O)cc1[N+](=O)[O-]. The van der Waals surface area contributed by atoms with Gasteiger partial charge in [0.1, 0.15) is 0 Å². The Morgan fingerprint density at radius 2 is 1.96 bits per heavy atom. The minimum atomic E-state index is -0.981. The molecule has 0 heterocycles. The lowest BCUT2D eigenvalue weighted by Crippen LogP contribution is -2.36. The molecule has 0 bridgehead atoms. The molecule has 124 valence electrons. The number of carbonyl (C=O) groups is 2. The Bertz CT molecular complexity index is 630. The summed E-state index contributed by atoms with van der Waals surface area (Å²) in [6, 6.07) is 4.08. The molecule has 1 saturated carbocycles. The van der Waals surface area contributed by atoms with Crippen LogP contribution in [-0.4, -0.2) is 29.0 Å². The van der Waals surface area contributed by atoms with Crippen molar-refractivity contribution in [3.05, 3.63) is 28.3 Å². The quantitative estimate of drug-likeness (QED) is 0.635. The third kappa shape index (κ3) is 3.77. The number of aliphatic carboxylic acids is 1. The molecule has 1 amide bonds. The predicted octanol–water partition coefficient (Wildman–Crippen LogP) is 2.43. The van der Waals surface area contributed by atoms with Crippen molar-refractivity contribution in [2.24, 2.45) is 11.8 Å². The maximum Gasteiger partial charge on any atom is 0.312 e. The summed E-state index contributed by atoms with van der Waals surface area (Å²) < 4.78 is 4.90. The van der Waals surface area contributed by atoms with Crippen LogP contribution in [0.5, 0.6) is 5.75 Å². The molecule has 2 unspecified atom stereocenters. The van der Waals surface area contributed by atoms with Gasteiger partial charge in [-0.15, -0.1) is 0 Å². The van der Waals surface area contributed by atoms with E-state index in [1.807, 2.05) is 0 Å². The topological polar surface area (TPSA) is 119 Å². The number of amides is 1. The highest BCUT2D eigenvalue weighted by Gasteiger charge is 2.35.